The Morgan fingerprint density at radius 3 is 2.46 bits per heavy atom. The van der Waals surface area contributed by atoms with E-state index < -0.39 is 0 Å². The number of hydrogen-bond acceptors (Lipinski definition) is 2. The number of nitrogens with one attached hydrogen (secondary N) is 1. The summed E-state index contributed by atoms with van der Waals surface area (Å²) in [4.78, 5) is 14.7. The van der Waals surface area contributed by atoms with E-state index in [4.69, 9.17) is 0 Å². The monoisotopic (exact) mass is 320 g/mol. The van der Waals surface area contributed by atoms with Crippen molar-refractivity contribution < 1.29 is 4.79 Å². The fourth-order valence-electron chi connectivity index (χ4n) is 2.90. The molecule has 124 valence electrons. The van der Waals surface area contributed by atoms with Crippen molar-refractivity contribution in [2.75, 3.05) is 13.1 Å². The van der Waals surface area contributed by atoms with Crippen molar-refractivity contribution in [2.45, 2.75) is 26.4 Å². The summed E-state index contributed by atoms with van der Waals surface area (Å²) in [6, 6.07) is 18.7. The Labute approximate surface area is 144 Å². The molecule has 2 aromatic rings. The average Bonchev–Trinajstić information content (AvgIpc) is 2.62. The van der Waals surface area contributed by atoms with E-state index in [1.807, 2.05) is 6.07 Å². The largest absolute Gasteiger partial charge is 0.348 e. The Morgan fingerprint density at radius 1 is 1.04 bits per heavy atom. The van der Waals surface area contributed by atoms with Crippen molar-refractivity contribution in [3.05, 3.63) is 82.9 Å². The van der Waals surface area contributed by atoms with Crippen LogP contribution in [-0.4, -0.2) is 23.9 Å². The third kappa shape index (κ3) is 4.56. The van der Waals surface area contributed by atoms with E-state index in [1.165, 1.54) is 11.1 Å². The highest BCUT2D eigenvalue weighted by atomic mass is 16.1. The number of amides is 1. The van der Waals surface area contributed by atoms with Gasteiger partial charge in [0.2, 0.25) is 5.91 Å². The second-order valence-corrected chi connectivity index (χ2v) is 6.37. The van der Waals surface area contributed by atoms with Gasteiger partial charge in [-0.2, -0.15) is 0 Å². The van der Waals surface area contributed by atoms with Gasteiger partial charge >= 0.3 is 0 Å². The summed E-state index contributed by atoms with van der Waals surface area (Å²) in [5, 5.41) is 3.03. The predicted molar refractivity (Wildman–Crippen MR) is 97.4 cm³/mol. The Balaban J connectivity index is 1.49. The van der Waals surface area contributed by atoms with E-state index in [1.54, 1.807) is 0 Å². The highest BCUT2D eigenvalue weighted by Crippen LogP contribution is 2.14. The number of nitrogens with zero attached hydrogens (tertiary/aromatic N) is 1. The van der Waals surface area contributed by atoms with Crippen LogP contribution in [0, 0.1) is 6.92 Å². The maximum absolute atomic E-state index is 12.3. The Hall–Kier alpha value is -2.39. The minimum atomic E-state index is 0.0648. The highest BCUT2D eigenvalue weighted by Gasteiger charge is 2.16. The van der Waals surface area contributed by atoms with E-state index in [9.17, 15) is 4.79 Å². The van der Waals surface area contributed by atoms with Gasteiger partial charge in [0, 0.05) is 31.8 Å². The zero-order valence-electron chi connectivity index (χ0n) is 14.2. The van der Waals surface area contributed by atoms with E-state index >= 15 is 0 Å². The molecule has 1 heterocycles. The Bertz CT molecular complexity index is 704. The SMILES string of the molecule is Cc1ccc(CNC(=O)C2=CCN(Cc3ccccc3)CC2)cc1. The lowest BCUT2D eigenvalue weighted by Crippen LogP contribution is -2.33. The maximum atomic E-state index is 12.3. The van der Waals surface area contributed by atoms with Gasteiger partial charge in [-0.05, 0) is 24.5 Å². The van der Waals surface area contributed by atoms with Crippen LogP contribution in [-0.2, 0) is 17.9 Å². The minimum Gasteiger partial charge on any atom is -0.348 e. The zero-order valence-corrected chi connectivity index (χ0v) is 14.2. The molecule has 1 N–H and O–H groups in total. The van der Waals surface area contributed by atoms with Crippen LogP contribution in [0.2, 0.25) is 0 Å². The van der Waals surface area contributed by atoms with Crippen LogP contribution in [0.5, 0.6) is 0 Å². The number of benzene rings is 2. The summed E-state index contributed by atoms with van der Waals surface area (Å²) in [6.45, 7) is 5.36. The van der Waals surface area contributed by atoms with E-state index in [2.05, 4.69) is 71.7 Å². The standard InChI is InChI=1S/C21H24N2O/c1-17-7-9-18(10-8-17)15-22-21(24)20-11-13-23(14-12-20)16-19-5-3-2-4-6-19/h2-11H,12-16H2,1H3,(H,22,24). The minimum absolute atomic E-state index is 0.0648. The summed E-state index contributed by atoms with van der Waals surface area (Å²) >= 11 is 0. The Morgan fingerprint density at radius 2 is 1.79 bits per heavy atom. The lowest BCUT2D eigenvalue weighted by Gasteiger charge is -2.26. The topological polar surface area (TPSA) is 32.3 Å². The second-order valence-electron chi connectivity index (χ2n) is 6.37. The van der Waals surface area contributed by atoms with Crippen LogP contribution in [0.3, 0.4) is 0 Å². The molecule has 0 fully saturated rings. The fourth-order valence-corrected chi connectivity index (χ4v) is 2.90. The first-order valence-corrected chi connectivity index (χ1v) is 8.50. The lowest BCUT2D eigenvalue weighted by atomic mass is 10.1. The molecule has 3 rings (SSSR count). The van der Waals surface area contributed by atoms with E-state index in [-0.39, 0.29) is 5.91 Å². The van der Waals surface area contributed by atoms with Crippen LogP contribution < -0.4 is 5.32 Å². The molecule has 0 aliphatic carbocycles. The van der Waals surface area contributed by atoms with Crippen molar-refractivity contribution in [2.24, 2.45) is 0 Å². The smallest absolute Gasteiger partial charge is 0.247 e. The van der Waals surface area contributed by atoms with Gasteiger partial charge in [0.15, 0.2) is 0 Å². The molecule has 0 spiro atoms. The highest BCUT2D eigenvalue weighted by molar-refractivity contribution is 5.93. The molecule has 1 aliphatic heterocycles. The summed E-state index contributed by atoms with van der Waals surface area (Å²) < 4.78 is 0. The van der Waals surface area contributed by atoms with Gasteiger partial charge in [-0.1, -0.05) is 66.2 Å². The van der Waals surface area contributed by atoms with Crippen LogP contribution in [0.1, 0.15) is 23.1 Å². The number of hydrogen-bond donors (Lipinski definition) is 1. The maximum Gasteiger partial charge on any atom is 0.247 e. The van der Waals surface area contributed by atoms with Gasteiger partial charge < -0.3 is 5.32 Å². The van der Waals surface area contributed by atoms with Gasteiger partial charge in [0.05, 0.1) is 0 Å². The number of rotatable bonds is 5. The first-order valence-electron chi connectivity index (χ1n) is 8.50. The molecule has 0 saturated carbocycles. The first-order chi connectivity index (χ1) is 11.7. The zero-order chi connectivity index (χ0) is 16.8. The quantitative estimate of drug-likeness (QED) is 0.915. The predicted octanol–water partition coefficient (Wildman–Crippen LogP) is 3.44. The lowest BCUT2D eigenvalue weighted by molar-refractivity contribution is -0.117. The van der Waals surface area contributed by atoms with Gasteiger partial charge in [0.1, 0.15) is 0 Å². The molecule has 1 aliphatic rings. The molecule has 0 saturated heterocycles. The second kappa shape index (κ2) is 7.93. The molecular weight excluding hydrogens is 296 g/mol. The molecule has 3 heteroatoms. The molecule has 2 aromatic carbocycles. The van der Waals surface area contributed by atoms with Gasteiger partial charge in [-0.3, -0.25) is 9.69 Å². The summed E-state index contributed by atoms with van der Waals surface area (Å²) in [7, 11) is 0. The molecular formula is C21H24N2O. The number of carbonyl (C=O) groups excluding carboxylic acids is 1. The Kier molecular flexibility index (Phi) is 5.44. The molecule has 3 nitrogen and oxygen atoms in total. The van der Waals surface area contributed by atoms with Crippen LogP contribution >= 0.6 is 0 Å². The summed E-state index contributed by atoms with van der Waals surface area (Å²) in [5.41, 5.74) is 4.60. The first kappa shape index (κ1) is 16.5. The van der Waals surface area contributed by atoms with Gasteiger partial charge in [0.25, 0.3) is 0 Å². The van der Waals surface area contributed by atoms with Crippen molar-refractivity contribution in [1.82, 2.24) is 10.2 Å². The molecule has 0 radical (unpaired) electrons. The van der Waals surface area contributed by atoms with Crippen molar-refractivity contribution in [3.63, 3.8) is 0 Å². The molecule has 0 unspecified atom stereocenters. The fraction of sp³-hybridized carbons (Fsp3) is 0.286. The third-order valence-electron chi connectivity index (χ3n) is 4.41. The number of aryl methyl sites for hydroxylation is 1. The summed E-state index contributed by atoms with van der Waals surface area (Å²) in [6.07, 6.45) is 2.88. The van der Waals surface area contributed by atoms with Crippen molar-refractivity contribution in [3.8, 4) is 0 Å². The normalized spacial score (nSPS) is 15.0. The van der Waals surface area contributed by atoms with E-state index in [0.717, 1.165) is 37.2 Å². The van der Waals surface area contributed by atoms with Crippen LogP contribution in [0.4, 0.5) is 0 Å². The summed E-state index contributed by atoms with van der Waals surface area (Å²) in [5.74, 6) is 0.0648. The average molecular weight is 320 g/mol. The molecule has 1 amide bonds. The molecule has 0 aromatic heterocycles. The molecule has 0 atom stereocenters. The molecule has 0 bridgehead atoms. The van der Waals surface area contributed by atoms with Gasteiger partial charge in [-0.25, -0.2) is 0 Å². The van der Waals surface area contributed by atoms with Gasteiger partial charge in [-0.15, -0.1) is 0 Å². The van der Waals surface area contributed by atoms with Crippen molar-refractivity contribution >= 4 is 5.91 Å². The number of carbonyl (C=O) groups is 1. The van der Waals surface area contributed by atoms with Crippen molar-refractivity contribution in [1.29, 1.82) is 0 Å². The van der Waals surface area contributed by atoms with E-state index in [0.29, 0.717) is 6.54 Å². The third-order valence-corrected chi connectivity index (χ3v) is 4.41. The molecule has 24 heavy (non-hydrogen) atoms. The van der Waals surface area contributed by atoms with Crippen LogP contribution in [0.25, 0.3) is 0 Å². The van der Waals surface area contributed by atoms with Crippen LogP contribution in [0.15, 0.2) is 66.2 Å².